The summed E-state index contributed by atoms with van der Waals surface area (Å²) >= 11 is 0. The Balaban J connectivity index is 1.38. The zero-order valence-corrected chi connectivity index (χ0v) is 19.2. The number of carboxylic acids is 1. The molecule has 1 aliphatic carbocycles. The first-order chi connectivity index (χ1) is 15.8. The summed E-state index contributed by atoms with van der Waals surface area (Å²) < 4.78 is 5.52. The molecule has 3 N–H and O–H groups in total. The first-order valence-electron chi connectivity index (χ1n) is 11.4. The van der Waals surface area contributed by atoms with Gasteiger partial charge in [-0.25, -0.2) is 4.79 Å². The molecule has 0 saturated carbocycles. The molecule has 2 aromatic rings. The molecule has 0 heterocycles. The van der Waals surface area contributed by atoms with Crippen LogP contribution in [0.4, 0.5) is 4.79 Å². The highest BCUT2D eigenvalue weighted by Gasteiger charge is 2.29. The average Bonchev–Trinajstić information content (AvgIpc) is 3.10. The fraction of sp³-hybridized carbons (Fsp3) is 0.423. The number of benzene rings is 2. The number of alkyl carbamates (subject to hydrolysis) is 1. The number of hydrogen-bond acceptors (Lipinski definition) is 4. The van der Waals surface area contributed by atoms with Crippen molar-refractivity contribution in [2.24, 2.45) is 5.92 Å². The minimum atomic E-state index is -0.872. The van der Waals surface area contributed by atoms with Gasteiger partial charge in [-0.15, -0.1) is 0 Å². The molecular weight excluding hydrogens is 420 g/mol. The Morgan fingerprint density at radius 3 is 2.18 bits per heavy atom. The van der Waals surface area contributed by atoms with Gasteiger partial charge >= 0.3 is 12.1 Å². The highest BCUT2D eigenvalue weighted by atomic mass is 16.5. The summed E-state index contributed by atoms with van der Waals surface area (Å²) in [7, 11) is 0. The number of hydrogen-bond donors (Lipinski definition) is 3. The summed E-state index contributed by atoms with van der Waals surface area (Å²) in [6.07, 6.45) is 0.931. The van der Waals surface area contributed by atoms with Gasteiger partial charge < -0.3 is 20.5 Å². The molecule has 0 bridgehead atoms. The molecule has 0 spiro atoms. The van der Waals surface area contributed by atoms with E-state index in [1.165, 1.54) is 22.3 Å². The van der Waals surface area contributed by atoms with E-state index < -0.39 is 12.1 Å². The van der Waals surface area contributed by atoms with Crippen molar-refractivity contribution in [1.29, 1.82) is 0 Å². The molecular formula is C26H32N2O5. The lowest BCUT2D eigenvalue weighted by molar-refractivity contribution is -0.137. The van der Waals surface area contributed by atoms with E-state index >= 15 is 0 Å². The maximum Gasteiger partial charge on any atom is 0.407 e. The summed E-state index contributed by atoms with van der Waals surface area (Å²) in [4.78, 5) is 34.9. The SMILES string of the molecule is CC(CCNC(=O)OCC1c2ccccc2-c2ccccc21)CC(=O)NC(C)CCC(=O)O. The maximum absolute atomic E-state index is 12.2. The van der Waals surface area contributed by atoms with Gasteiger partial charge in [0.2, 0.25) is 5.91 Å². The Kier molecular flexibility index (Phi) is 8.46. The number of rotatable bonds is 11. The molecule has 2 atom stereocenters. The quantitative estimate of drug-likeness (QED) is 0.471. The van der Waals surface area contributed by atoms with E-state index in [1.807, 2.05) is 31.2 Å². The number of fused-ring (bicyclic) bond motifs is 3. The minimum absolute atomic E-state index is 0.0221. The van der Waals surface area contributed by atoms with Crippen molar-refractivity contribution in [2.45, 2.75) is 51.5 Å². The molecule has 0 saturated heterocycles. The van der Waals surface area contributed by atoms with Gasteiger partial charge in [-0.1, -0.05) is 55.5 Å². The molecule has 0 aliphatic heterocycles. The number of carboxylic acid groups (broad SMARTS) is 1. The van der Waals surface area contributed by atoms with E-state index in [-0.39, 0.29) is 36.8 Å². The summed E-state index contributed by atoms with van der Waals surface area (Å²) in [5.41, 5.74) is 4.71. The van der Waals surface area contributed by atoms with Gasteiger partial charge in [0, 0.05) is 31.3 Å². The van der Waals surface area contributed by atoms with E-state index in [9.17, 15) is 14.4 Å². The van der Waals surface area contributed by atoms with Crippen LogP contribution in [0, 0.1) is 5.92 Å². The van der Waals surface area contributed by atoms with Crippen LogP contribution in [0.1, 0.15) is 56.6 Å². The molecule has 0 fully saturated rings. The van der Waals surface area contributed by atoms with Gasteiger partial charge in [-0.2, -0.15) is 0 Å². The zero-order chi connectivity index (χ0) is 23.8. The highest BCUT2D eigenvalue weighted by Crippen LogP contribution is 2.44. The van der Waals surface area contributed by atoms with Crippen molar-refractivity contribution >= 4 is 18.0 Å². The van der Waals surface area contributed by atoms with Crippen LogP contribution in [0.2, 0.25) is 0 Å². The van der Waals surface area contributed by atoms with Crippen molar-refractivity contribution in [1.82, 2.24) is 10.6 Å². The summed E-state index contributed by atoms with van der Waals surface area (Å²) in [6.45, 7) is 4.43. The summed E-state index contributed by atoms with van der Waals surface area (Å²) in [5.74, 6) is -0.884. The first kappa shape index (κ1) is 24.3. The van der Waals surface area contributed by atoms with Crippen molar-refractivity contribution < 1.29 is 24.2 Å². The molecule has 1 aliphatic rings. The molecule has 7 heteroatoms. The Hall–Kier alpha value is -3.35. The smallest absolute Gasteiger partial charge is 0.407 e. The second-order valence-corrected chi connectivity index (χ2v) is 8.75. The number of amides is 2. The lowest BCUT2D eigenvalue weighted by Crippen LogP contribution is -2.34. The van der Waals surface area contributed by atoms with E-state index in [1.54, 1.807) is 6.92 Å². The molecule has 0 radical (unpaired) electrons. The van der Waals surface area contributed by atoms with Crippen molar-refractivity contribution in [2.75, 3.05) is 13.2 Å². The third-order valence-corrected chi connectivity index (χ3v) is 5.98. The molecule has 2 unspecified atom stereocenters. The highest BCUT2D eigenvalue weighted by molar-refractivity contribution is 5.79. The fourth-order valence-corrected chi connectivity index (χ4v) is 4.23. The number of ether oxygens (including phenoxy) is 1. The van der Waals surface area contributed by atoms with Gasteiger partial charge in [-0.3, -0.25) is 9.59 Å². The number of carbonyl (C=O) groups is 3. The monoisotopic (exact) mass is 452 g/mol. The Morgan fingerprint density at radius 2 is 1.58 bits per heavy atom. The Bertz CT molecular complexity index is 945. The molecule has 2 amide bonds. The van der Waals surface area contributed by atoms with E-state index in [4.69, 9.17) is 9.84 Å². The van der Waals surface area contributed by atoms with E-state index in [2.05, 4.69) is 34.9 Å². The van der Waals surface area contributed by atoms with Gasteiger partial charge in [0.1, 0.15) is 6.61 Å². The van der Waals surface area contributed by atoms with Crippen LogP contribution in [0.3, 0.4) is 0 Å². The standard InChI is InChI=1S/C26H32N2O5/c1-17(15-24(29)28-18(2)11-12-25(30)31)13-14-27-26(32)33-16-23-21-9-5-3-7-19(21)20-8-4-6-10-22(20)23/h3-10,17-18,23H,11-16H2,1-2H3,(H,27,32)(H,28,29)(H,30,31). The Labute approximate surface area is 194 Å². The third-order valence-electron chi connectivity index (χ3n) is 5.98. The summed E-state index contributed by atoms with van der Waals surface area (Å²) in [6, 6.07) is 16.2. The molecule has 0 aromatic heterocycles. The predicted molar refractivity (Wildman–Crippen MR) is 126 cm³/mol. The second-order valence-electron chi connectivity index (χ2n) is 8.75. The van der Waals surface area contributed by atoms with Crippen molar-refractivity contribution in [3.8, 4) is 11.1 Å². The Morgan fingerprint density at radius 1 is 0.970 bits per heavy atom. The van der Waals surface area contributed by atoms with Crippen LogP contribution >= 0.6 is 0 Å². The lowest BCUT2D eigenvalue weighted by atomic mass is 9.98. The first-order valence-corrected chi connectivity index (χ1v) is 11.4. The molecule has 33 heavy (non-hydrogen) atoms. The van der Waals surface area contributed by atoms with E-state index in [0.717, 1.165) is 0 Å². The minimum Gasteiger partial charge on any atom is -0.481 e. The number of carbonyl (C=O) groups excluding carboxylic acids is 2. The third kappa shape index (κ3) is 6.81. The fourth-order valence-electron chi connectivity index (χ4n) is 4.23. The lowest BCUT2D eigenvalue weighted by Gasteiger charge is -2.17. The zero-order valence-electron chi connectivity index (χ0n) is 19.2. The summed E-state index contributed by atoms with van der Waals surface area (Å²) in [5, 5.41) is 14.3. The van der Waals surface area contributed by atoms with Crippen LogP contribution in [0.15, 0.2) is 48.5 Å². The van der Waals surface area contributed by atoms with Crippen molar-refractivity contribution in [3.63, 3.8) is 0 Å². The molecule has 3 rings (SSSR count). The van der Waals surface area contributed by atoms with Crippen LogP contribution in [0.25, 0.3) is 11.1 Å². The van der Waals surface area contributed by atoms with Gasteiger partial charge in [0.05, 0.1) is 0 Å². The number of nitrogens with one attached hydrogen (secondary N) is 2. The van der Waals surface area contributed by atoms with Crippen LogP contribution in [0.5, 0.6) is 0 Å². The van der Waals surface area contributed by atoms with Crippen LogP contribution in [-0.4, -0.2) is 42.3 Å². The normalized spacial score (nSPS) is 14.0. The molecule has 176 valence electrons. The molecule has 2 aromatic carbocycles. The largest absolute Gasteiger partial charge is 0.481 e. The van der Waals surface area contributed by atoms with Crippen LogP contribution < -0.4 is 10.6 Å². The second kappa shape index (κ2) is 11.5. The topological polar surface area (TPSA) is 105 Å². The maximum atomic E-state index is 12.2. The predicted octanol–water partition coefficient (Wildman–Crippen LogP) is 4.31. The van der Waals surface area contributed by atoms with Gasteiger partial charge in [0.25, 0.3) is 0 Å². The average molecular weight is 453 g/mol. The van der Waals surface area contributed by atoms with Gasteiger partial charge in [-0.05, 0) is 47.9 Å². The molecule has 7 nitrogen and oxygen atoms in total. The van der Waals surface area contributed by atoms with E-state index in [0.29, 0.717) is 25.8 Å². The van der Waals surface area contributed by atoms with Crippen LogP contribution in [-0.2, 0) is 14.3 Å². The number of aliphatic carboxylic acids is 1. The van der Waals surface area contributed by atoms with Gasteiger partial charge in [0.15, 0.2) is 0 Å². The van der Waals surface area contributed by atoms with Crippen molar-refractivity contribution in [3.05, 3.63) is 59.7 Å².